The normalized spacial score (nSPS) is 18.4. The molecule has 0 saturated heterocycles. The number of fused-ring (bicyclic) bond motifs is 3. The molecule has 1 amide bonds. The van der Waals surface area contributed by atoms with Gasteiger partial charge in [-0.2, -0.15) is 0 Å². The third-order valence-electron chi connectivity index (χ3n) is 5.27. The van der Waals surface area contributed by atoms with E-state index in [4.69, 9.17) is 18.9 Å². The van der Waals surface area contributed by atoms with Gasteiger partial charge in [-0.05, 0) is 42.0 Å². The second-order valence-corrected chi connectivity index (χ2v) is 6.92. The molecular formula is C22H16N2O5. The van der Waals surface area contributed by atoms with Crippen molar-refractivity contribution in [3.8, 4) is 23.0 Å². The average Bonchev–Trinajstić information content (AvgIpc) is 3.41. The molecule has 3 heterocycles. The quantitative estimate of drug-likeness (QED) is 0.718. The van der Waals surface area contributed by atoms with Crippen LogP contribution in [0.5, 0.6) is 23.0 Å². The zero-order valence-corrected chi connectivity index (χ0v) is 15.3. The van der Waals surface area contributed by atoms with Gasteiger partial charge in [0.25, 0.3) is 5.91 Å². The number of hydrogen-bond donors (Lipinski definition) is 1. The van der Waals surface area contributed by atoms with Crippen molar-refractivity contribution in [3.05, 3.63) is 71.8 Å². The second kappa shape index (κ2) is 6.07. The summed E-state index contributed by atoms with van der Waals surface area (Å²) >= 11 is 0. The third-order valence-corrected chi connectivity index (χ3v) is 5.27. The molecule has 1 atom stereocenters. The lowest BCUT2D eigenvalue weighted by molar-refractivity contribution is 0.0975. The Bertz CT molecular complexity index is 1150. The molecule has 144 valence electrons. The van der Waals surface area contributed by atoms with Gasteiger partial charge < -0.3 is 24.3 Å². The molecule has 3 aliphatic rings. The molecule has 0 fully saturated rings. The minimum atomic E-state index is -0.424. The average molecular weight is 388 g/mol. The summed E-state index contributed by atoms with van der Waals surface area (Å²) in [5.41, 5.74) is 3.00. The van der Waals surface area contributed by atoms with Gasteiger partial charge in [0.1, 0.15) is 6.17 Å². The Hall–Kier alpha value is -3.87. The summed E-state index contributed by atoms with van der Waals surface area (Å²) < 4.78 is 21.9. The Morgan fingerprint density at radius 3 is 2.31 bits per heavy atom. The van der Waals surface area contributed by atoms with Crippen LogP contribution in [0.2, 0.25) is 0 Å². The molecule has 0 radical (unpaired) electrons. The largest absolute Gasteiger partial charge is 0.454 e. The number of anilines is 2. The number of rotatable bonds is 2. The van der Waals surface area contributed by atoms with E-state index in [1.54, 1.807) is 4.90 Å². The highest BCUT2D eigenvalue weighted by atomic mass is 16.7. The van der Waals surface area contributed by atoms with E-state index in [1.807, 2.05) is 60.7 Å². The number of para-hydroxylation sites is 1. The molecule has 1 N–H and O–H groups in total. The van der Waals surface area contributed by atoms with E-state index in [0.717, 1.165) is 11.3 Å². The zero-order chi connectivity index (χ0) is 19.4. The summed E-state index contributed by atoms with van der Waals surface area (Å²) in [6.45, 7) is 0.379. The van der Waals surface area contributed by atoms with E-state index < -0.39 is 6.17 Å². The molecule has 0 bridgehead atoms. The summed E-state index contributed by atoms with van der Waals surface area (Å²) in [7, 11) is 0. The predicted octanol–water partition coefficient (Wildman–Crippen LogP) is 3.92. The summed E-state index contributed by atoms with van der Waals surface area (Å²) in [5.74, 6) is 2.57. The predicted molar refractivity (Wildman–Crippen MR) is 105 cm³/mol. The van der Waals surface area contributed by atoms with Crippen LogP contribution in [0.4, 0.5) is 11.4 Å². The molecule has 6 rings (SSSR count). The summed E-state index contributed by atoms with van der Waals surface area (Å²) in [6, 6.07) is 18.7. The first-order chi connectivity index (χ1) is 14.3. The third kappa shape index (κ3) is 2.47. The fourth-order valence-corrected chi connectivity index (χ4v) is 3.87. The number of amides is 1. The van der Waals surface area contributed by atoms with E-state index in [2.05, 4.69) is 5.32 Å². The lowest BCUT2D eigenvalue weighted by Crippen LogP contribution is -2.43. The summed E-state index contributed by atoms with van der Waals surface area (Å²) in [6.07, 6.45) is -0.424. The van der Waals surface area contributed by atoms with Crippen LogP contribution in [0, 0.1) is 0 Å². The highest BCUT2D eigenvalue weighted by Crippen LogP contribution is 2.43. The topological polar surface area (TPSA) is 69.3 Å². The van der Waals surface area contributed by atoms with Gasteiger partial charge in [-0.25, -0.2) is 0 Å². The van der Waals surface area contributed by atoms with E-state index >= 15 is 0 Å². The molecule has 7 heteroatoms. The van der Waals surface area contributed by atoms with Crippen molar-refractivity contribution < 1.29 is 23.7 Å². The maximum absolute atomic E-state index is 13.5. The monoisotopic (exact) mass is 388 g/mol. The molecule has 0 aromatic heterocycles. The van der Waals surface area contributed by atoms with Gasteiger partial charge in [0, 0.05) is 11.8 Å². The van der Waals surface area contributed by atoms with Crippen molar-refractivity contribution in [1.82, 2.24) is 0 Å². The summed E-state index contributed by atoms with van der Waals surface area (Å²) in [5, 5.41) is 3.49. The van der Waals surface area contributed by atoms with E-state index in [-0.39, 0.29) is 19.5 Å². The maximum atomic E-state index is 13.5. The van der Waals surface area contributed by atoms with Crippen LogP contribution >= 0.6 is 0 Å². The second-order valence-electron chi connectivity index (χ2n) is 6.92. The zero-order valence-electron chi connectivity index (χ0n) is 15.3. The number of ether oxygens (including phenoxy) is 4. The van der Waals surface area contributed by atoms with Gasteiger partial charge in [0.15, 0.2) is 23.0 Å². The van der Waals surface area contributed by atoms with Gasteiger partial charge in [-0.3, -0.25) is 9.69 Å². The molecule has 0 unspecified atom stereocenters. The standard InChI is InChI=1S/C22H16N2O5/c25-22-15-3-1-2-4-16(15)23-21(13-5-7-17-19(9-13)28-11-26-17)24(22)14-6-8-18-20(10-14)29-12-27-18/h1-10,21,23H,11-12H2/t21-/m0/s1. The fraction of sp³-hybridized carbons (Fsp3) is 0.136. The highest BCUT2D eigenvalue weighted by Gasteiger charge is 2.35. The number of nitrogens with one attached hydrogen (secondary N) is 1. The van der Waals surface area contributed by atoms with Gasteiger partial charge in [0.05, 0.1) is 11.3 Å². The first-order valence-electron chi connectivity index (χ1n) is 9.26. The lowest BCUT2D eigenvalue weighted by Gasteiger charge is -2.38. The van der Waals surface area contributed by atoms with Crippen molar-refractivity contribution in [2.24, 2.45) is 0 Å². The Morgan fingerprint density at radius 1 is 0.793 bits per heavy atom. The van der Waals surface area contributed by atoms with Crippen molar-refractivity contribution in [2.45, 2.75) is 6.17 Å². The number of benzene rings is 3. The number of nitrogens with zero attached hydrogens (tertiary/aromatic N) is 1. The van der Waals surface area contributed by atoms with Gasteiger partial charge >= 0.3 is 0 Å². The molecule has 0 saturated carbocycles. The summed E-state index contributed by atoms with van der Waals surface area (Å²) in [4.78, 5) is 15.2. The fourth-order valence-electron chi connectivity index (χ4n) is 3.87. The van der Waals surface area contributed by atoms with E-state index in [0.29, 0.717) is 34.2 Å². The van der Waals surface area contributed by atoms with Crippen molar-refractivity contribution in [3.63, 3.8) is 0 Å². The molecule has 29 heavy (non-hydrogen) atoms. The van der Waals surface area contributed by atoms with Crippen LogP contribution in [-0.4, -0.2) is 19.5 Å². The Kier molecular flexibility index (Phi) is 3.37. The van der Waals surface area contributed by atoms with Crippen LogP contribution in [0.3, 0.4) is 0 Å². The van der Waals surface area contributed by atoms with Crippen LogP contribution < -0.4 is 29.2 Å². The number of carbonyl (C=O) groups is 1. The first kappa shape index (κ1) is 16.1. The van der Waals surface area contributed by atoms with Crippen LogP contribution in [-0.2, 0) is 0 Å². The van der Waals surface area contributed by atoms with Gasteiger partial charge in [-0.1, -0.05) is 18.2 Å². The number of carbonyl (C=O) groups excluding carboxylic acids is 1. The van der Waals surface area contributed by atoms with Gasteiger partial charge in [-0.15, -0.1) is 0 Å². The van der Waals surface area contributed by atoms with E-state index in [9.17, 15) is 4.79 Å². The first-order valence-corrected chi connectivity index (χ1v) is 9.26. The Labute approximate surface area is 166 Å². The minimum absolute atomic E-state index is 0.0964. The van der Waals surface area contributed by atoms with Crippen LogP contribution in [0.15, 0.2) is 60.7 Å². The molecule has 3 aliphatic heterocycles. The smallest absolute Gasteiger partial charge is 0.262 e. The Balaban J connectivity index is 1.49. The van der Waals surface area contributed by atoms with Gasteiger partial charge in [0.2, 0.25) is 13.6 Å². The minimum Gasteiger partial charge on any atom is -0.454 e. The molecule has 7 nitrogen and oxygen atoms in total. The highest BCUT2D eigenvalue weighted by molar-refractivity contribution is 6.12. The van der Waals surface area contributed by atoms with Crippen LogP contribution in [0.1, 0.15) is 22.1 Å². The molecular weight excluding hydrogens is 372 g/mol. The molecule has 0 aliphatic carbocycles. The van der Waals surface area contributed by atoms with E-state index in [1.165, 1.54) is 0 Å². The lowest BCUT2D eigenvalue weighted by atomic mass is 10.0. The Morgan fingerprint density at radius 2 is 1.48 bits per heavy atom. The van der Waals surface area contributed by atoms with Crippen molar-refractivity contribution >= 4 is 17.3 Å². The van der Waals surface area contributed by atoms with Crippen molar-refractivity contribution in [2.75, 3.05) is 23.8 Å². The number of hydrogen-bond acceptors (Lipinski definition) is 6. The van der Waals surface area contributed by atoms with Crippen LogP contribution in [0.25, 0.3) is 0 Å². The molecule has 3 aromatic carbocycles. The SMILES string of the molecule is O=C1c2ccccc2N[C@H](c2ccc3c(c2)OCO3)N1c1ccc2c(c1)OCO2. The van der Waals surface area contributed by atoms with Crippen molar-refractivity contribution in [1.29, 1.82) is 0 Å². The molecule has 3 aromatic rings. The molecule has 0 spiro atoms. The maximum Gasteiger partial charge on any atom is 0.262 e.